The maximum Gasteiger partial charge on any atom is 0.319 e. The lowest BCUT2D eigenvalue weighted by atomic mass is 10.2. The van der Waals surface area contributed by atoms with Crippen molar-refractivity contribution in [3.05, 3.63) is 24.0 Å². The Morgan fingerprint density at radius 2 is 2.36 bits per heavy atom. The molecule has 22 heavy (non-hydrogen) atoms. The van der Waals surface area contributed by atoms with E-state index in [9.17, 15) is 9.18 Å². The molecule has 1 unspecified atom stereocenters. The Balaban J connectivity index is 1.92. The molecule has 0 bridgehead atoms. The van der Waals surface area contributed by atoms with Crippen LogP contribution in [0, 0.1) is 5.82 Å². The first-order chi connectivity index (χ1) is 10.7. The van der Waals surface area contributed by atoms with E-state index in [1.807, 2.05) is 0 Å². The van der Waals surface area contributed by atoms with Gasteiger partial charge in [0.1, 0.15) is 18.2 Å². The Morgan fingerprint density at radius 3 is 3.09 bits per heavy atom. The van der Waals surface area contributed by atoms with E-state index in [-0.39, 0.29) is 11.8 Å². The van der Waals surface area contributed by atoms with Crippen LogP contribution >= 0.6 is 0 Å². The molecule has 122 valence electrons. The third-order valence-corrected chi connectivity index (χ3v) is 3.23. The minimum atomic E-state index is -0.448. The van der Waals surface area contributed by atoms with Crippen LogP contribution in [-0.2, 0) is 9.47 Å². The largest absolute Gasteiger partial charge is 0.489 e. The van der Waals surface area contributed by atoms with Crippen LogP contribution in [0.15, 0.2) is 18.2 Å². The van der Waals surface area contributed by atoms with Gasteiger partial charge in [0.2, 0.25) is 0 Å². The van der Waals surface area contributed by atoms with E-state index >= 15 is 0 Å². The van der Waals surface area contributed by atoms with Gasteiger partial charge in [-0.3, -0.25) is 0 Å². The van der Waals surface area contributed by atoms with Crippen molar-refractivity contribution in [2.75, 3.05) is 38.8 Å². The minimum absolute atomic E-state index is 0.0495. The van der Waals surface area contributed by atoms with Crippen molar-refractivity contribution in [2.45, 2.75) is 18.9 Å². The number of hydrogen-bond acceptors (Lipinski definition) is 4. The second-order valence-corrected chi connectivity index (χ2v) is 4.96. The van der Waals surface area contributed by atoms with Gasteiger partial charge in [0, 0.05) is 26.3 Å². The molecule has 7 heteroatoms. The highest BCUT2D eigenvalue weighted by atomic mass is 19.1. The minimum Gasteiger partial charge on any atom is -0.489 e. The van der Waals surface area contributed by atoms with E-state index in [2.05, 4.69) is 10.6 Å². The lowest BCUT2D eigenvalue weighted by Gasteiger charge is -2.15. The number of hydrogen-bond donors (Lipinski definition) is 2. The molecule has 2 N–H and O–H groups in total. The average molecular weight is 312 g/mol. The smallest absolute Gasteiger partial charge is 0.319 e. The Bertz CT molecular complexity index is 492. The zero-order valence-corrected chi connectivity index (χ0v) is 12.6. The summed E-state index contributed by atoms with van der Waals surface area (Å²) in [5, 5.41) is 5.17. The average Bonchev–Trinajstić information content (AvgIpc) is 3.00. The standard InChI is InChI=1S/C15H21FN2O4/c1-20-8-6-17-15(19)18-13-9-11(16)4-5-14(13)22-10-12-3-2-7-21-12/h4-5,9,12H,2-3,6-8,10H2,1H3,(H2,17,18,19). The molecule has 0 spiro atoms. The van der Waals surface area contributed by atoms with Crippen LogP contribution in [0.25, 0.3) is 0 Å². The van der Waals surface area contributed by atoms with Gasteiger partial charge in [-0.05, 0) is 25.0 Å². The number of halogens is 1. The predicted molar refractivity (Wildman–Crippen MR) is 79.8 cm³/mol. The van der Waals surface area contributed by atoms with Crippen molar-refractivity contribution in [1.82, 2.24) is 5.32 Å². The number of ether oxygens (including phenoxy) is 3. The van der Waals surface area contributed by atoms with Crippen LogP contribution in [0.3, 0.4) is 0 Å². The molecule has 1 aromatic rings. The number of carbonyl (C=O) groups is 1. The maximum atomic E-state index is 13.4. The fraction of sp³-hybridized carbons (Fsp3) is 0.533. The number of anilines is 1. The third-order valence-electron chi connectivity index (χ3n) is 3.23. The molecule has 0 aliphatic carbocycles. The molecule has 0 saturated carbocycles. The number of rotatable bonds is 7. The molecule has 1 atom stereocenters. The first-order valence-electron chi connectivity index (χ1n) is 7.27. The molecule has 1 aromatic carbocycles. The predicted octanol–water partition coefficient (Wildman–Crippen LogP) is 2.15. The zero-order valence-electron chi connectivity index (χ0n) is 12.6. The van der Waals surface area contributed by atoms with Gasteiger partial charge in [-0.15, -0.1) is 0 Å². The van der Waals surface area contributed by atoms with Crippen LogP contribution in [0.2, 0.25) is 0 Å². The van der Waals surface area contributed by atoms with E-state index in [0.29, 0.717) is 25.5 Å². The maximum absolute atomic E-state index is 13.4. The van der Waals surface area contributed by atoms with Crippen molar-refractivity contribution < 1.29 is 23.4 Å². The van der Waals surface area contributed by atoms with Gasteiger partial charge in [-0.25, -0.2) is 9.18 Å². The lowest BCUT2D eigenvalue weighted by Crippen LogP contribution is -2.31. The summed E-state index contributed by atoms with van der Waals surface area (Å²) in [6.07, 6.45) is 2.01. The molecule has 1 aliphatic heterocycles. The molecular weight excluding hydrogens is 291 g/mol. The fourth-order valence-corrected chi connectivity index (χ4v) is 2.12. The van der Waals surface area contributed by atoms with Crippen LogP contribution in [0.1, 0.15) is 12.8 Å². The Morgan fingerprint density at radius 1 is 1.50 bits per heavy atom. The van der Waals surface area contributed by atoms with E-state index in [1.54, 1.807) is 7.11 Å². The van der Waals surface area contributed by atoms with Gasteiger partial charge >= 0.3 is 6.03 Å². The van der Waals surface area contributed by atoms with Gasteiger partial charge in [-0.1, -0.05) is 0 Å². The highest BCUT2D eigenvalue weighted by Crippen LogP contribution is 2.26. The van der Waals surface area contributed by atoms with E-state index in [4.69, 9.17) is 14.2 Å². The van der Waals surface area contributed by atoms with E-state index in [1.165, 1.54) is 18.2 Å². The van der Waals surface area contributed by atoms with Crippen molar-refractivity contribution in [3.63, 3.8) is 0 Å². The second kappa shape index (κ2) is 8.55. The molecule has 2 amide bonds. The van der Waals surface area contributed by atoms with Gasteiger partial charge < -0.3 is 24.8 Å². The molecule has 1 fully saturated rings. The Hall–Kier alpha value is -1.86. The Kier molecular flexibility index (Phi) is 6.42. The number of methoxy groups -OCH3 is 1. The van der Waals surface area contributed by atoms with E-state index in [0.717, 1.165) is 19.4 Å². The number of nitrogens with one attached hydrogen (secondary N) is 2. The Labute approximate surface area is 128 Å². The summed E-state index contributed by atoms with van der Waals surface area (Å²) >= 11 is 0. The van der Waals surface area contributed by atoms with Crippen molar-refractivity contribution >= 4 is 11.7 Å². The molecule has 0 radical (unpaired) electrons. The number of urea groups is 1. The number of carbonyl (C=O) groups excluding carboxylic acids is 1. The number of benzene rings is 1. The summed E-state index contributed by atoms with van der Waals surface area (Å²) in [5.41, 5.74) is 0.285. The summed E-state index contributed by atoms with van der Waals surface area (Å²) in [6, 6.07) is 3.57. The highest BCUT2D eigenvalue weighted by molar-refractivity contribution is 5.90. The number of amides is 2. The summed E-state index contributed by atoms with van der Waals surface area (Å²) < 4.78 is 29.3. The van der Waals surface area contributed by atoms with Crippen LogP contribution in [-0.4, -0.2) is 45.6 Å². The summed E-state index contributed by atoms with van der Waals surface area (Å²) in [6.45, 7) is 1.89. The quantitative estimate of drug-likeness (QED) is 0.757. The van der Waals surface area contributed by atoms with E-state index < -0.39 is 11.8 Å². The van der Waals surface area contributed by atoms with Gasteiger partial charge in [0.15, 0.2) is 0 Å². The molecule has 0 aromatic heterocycles. The van der Waals surface area contributed by atoms with Crippen LogP contribution in [0.5, 0.6) is 5.75 Å². The third kappa shape index (κ3) is 5.16. The molecule has 1 saturated heterocycles. The SMILES string of the molecule is COCCNC(=O)Nc1cc(F)ccc1OCC1CCCO1. The summed E-state index contributed by atoms with van der Waals surface area (Å²) in [7, 11) is 1.54. The first kappa shape index (κ1) is 16.5. The topological polar surface area (TPSA) is 68.8 Å². The molecule has 1 aliphatic rings. The zero-order chi connectivity index (χ0) is 15.8. The summed E-state index contributed by atoms with van der Waals surface area (Å²) in [5.74, 6) is -0.0320. The first-order valence-corrected chi connectivity index (χ1v) is 7.27. The molecule has 6 nitrogen and oxygen atoms in total. The highest BCUT2D eigenvalue weighted by Gasteiger charge is 2.17. The normalized spacial score (nSPS) is 17.3. The van der Waals surface area contributed by atoms with Crippen LogP contribution in [0.4, 0.5) is 14.9 Å². The molecular formula is C15H21FN2O4. The van der Waals surface area contributed by atoms with Crippen molar-refractivity contribution in [1.29, 1.82) is 0 Å². The van der Waals surface area contributed by atoms with Gasteiger partial charge in [0.25, 0.3) is 0 Å². The monoisotopic (exact) mass is 312 g/mol. The van der Waals surface area contributed by atoms with Gasteiger partial charge in [-0.2, -0.15) is 0 Å². The van der Waals surface area contributed by atoms with Crippen molar-refractivity contribution in [2.24, 2.45) is 0 Å². The van der Waals surface area contributed by atoms with Crippen LogP contribution < -0.4 is 15.4 Å². The fourth-order valence-electron chi connectivity index (χ4n) is 2.12. The lowest BCUT2D eigenvalue weighted by molar-refractivity contribution is 0.0682. The second-order valence-electron chi connectivity index (χ2n) is 4.96. The van der Waals surface area contributed by atoms with Crippen molar-refractivity contribution in [3.8, 4) is 5.75 Å². The molecule has 2 rings (SSSR count). The molecule has 1 heterocycles. The summed E-state index contributed by atoms with van der Waals surface area (Å²) in [4.78, 5) is 11.7. The van der Waals surface area contributed by atoms with Gasteiger partial charge in [0.05, 0.1) is 18.4 Å².